The molecule has 0 aromatic rings. The summed E-state index contributed by atoms with van der Waals surface area (Å²) in [6.45, 7) is 10.9. The molecule has 0 radical (unpaired) electrons. The van der Waals surface area contributed by atoms with Crippen molar-refractivity contribution in [3.63, 3.8) is 0 Å². The average molecular weight is 198 g/mol. The number of hydrogen-bond donors (Lipinski definition) is 1. The second-order valence-corrected chi connectivity index (χ2v) is 6.58. The third-order valence-corrected chi connectivity index (χ3v) is 3.90. The Hall–Kier alpha value is -0.0400. The first kappa shape index (κ1) is 12.0. The topological polar surface area (TPSA) is 20.2 Å². The number of aliphatic hydroxyl groups is 1. The Labute approximate surface area is 88.9 Å². The summed E-state index contributed by atoms with van der Waals surface area (Å²) in [5.74, 6) is 1.29. The molecule has 84 valence electrons. The molecule has 0 saturated heterocycles. The van der Waals surface area contributed by atoms with Crippen LogP contribution in [0.3, 0.4) is 0 Å². The minimum Gasteiger partial charge on any atom is -0.390 e. The van der Waals surface area contributed by atoms with Gasteiger partial charge in [-0.15, -0.1) is 0 Å². The van der Waals surface area contributed by atoms with Crippen molar-refractivity contribution in [1.82, 2.24) is 0 Å². The van der Waals surface area contributed by atoms with Gasteiger partial charge in [0.15, 0.2) is 0 Å². The molecule has 1 fully saturated rings. The smallest absolute Gasteiger partial charge is 0.0619 e. The van der Waals surface area contributed by atoms with Crippen LogP contribution in [0, 0.1) is 17.3 Å². The zero-order valence-corrected chi connectivity index (χ0v) is 10.4. The molecule has 0 spiro atoms. The van der Waals surface area contributed by atoms with Crippen molar-refractivity contribution in [1.29, 1.82) is 0 Å². The van der Waals surface area contributed by atoms with Crippen molar-refractivity contribution in [2.24, 2.45) is 17.3 Å². The molecule has 1 nitrogen and oxygen atoms in total. The van der Waals surface area contributed by atoms with Crippen LogP contribution < -0.4 is 0 Å². The summed E-state index contributed by atoms with van der Waals surface area (Å²) >= 11 is 0. The molecule has 1 N–H and O–H groups in total. The lowest BCUT2D eigenvalue weighted by atomic mass is 9.66. The van der Waals surface area contributed by atoms with Crippen molar-refractivity contribution in [3.8, 4) is 0 Å². The van der Waals surface area contributed by atoms with E-state index >= 15 is 0 Å². The first-order chi connectivity index (χ1) is 6.21. The molecule has 0 aromatic heterocycles. The predicted octanol–water partition coefficient (Wildman–Crippen LogP) is 3.61. The van der Waals surface area contributed by atoms with E-state index in [4.69, 9.17) is 0 Å². The monoisotopic (exact) mass is 198 g/mol. The lowest BCUT2D eigenvalue weighted by Gasteiger charge is -2.41. The zero-order valence-electron chi connectivity index (χ0n) is 10.4. The Morgan fingerprint density at radius 3 is 1.86 bits per heavy atom. The van der Waals surface area contributed by atoms with E-state index in [1.54, 1.807) is 0 Å². The molecular weight excluding hydrogens is 172 g/mol. The first-order valence-corrected chi connectivity index (χ1v) is 5.93. The van der Waals surface area contributed by atoms with E-state index in [1.165, 1.54) is 25.7 Å². The van der Waals surface area contributed by atoms with Crippen LogP contribution in [0.1, 0.15) is 60.3 Å². The van der Waals surface area contributed by atoms with Crippen LogP contribution in [0.15, 0.2) is 0 Å². The van der Waals surface area contributed by atoms with Crippen LogP contribution in [0.25, 0.3) is 0 Å². The van der Waals surface area contributed by atoms with Gasteiger partial charge in [0.25, 0.3) is 0 Å². The standard InChI is InChI=1S/C13H26O/c1-12(2,3)10-7-6-8-11(9-10)13(4,5)14/h10-11,14H,6-9H2,1-5H3/t10-,11?/m0/s1. The van der Waals surface area contributed by atoms with E-state index in [0.29, 0.717) is 11.3 Å². The first-order valence-electron chi connectivity index (χ1n) is 5.93. The quantitative estimate of drug-likeness (QED) is 0.682. The summed E-state index contributed by atoms with van der Waals surface area (Å²) in [5, 5.41) is 10.0. The van der Waals surface area contributed by atoms with Crippen LogP contribution in [0.2, 0.25) is 0 Å². The minimum absolute atomic E-state index is 0.407. The van der Waals surface area contributed by atoms with Crippen LogP contribution in [0.5, 0.6) is 0 Å². The van der Waals surface area contributed by atoms with E-state index in [0.717, 1.165) is 5.92 Å². The highest BCUT2D eigenvalue weighted by Crippen LogP contribution is 2.43. The van der Waals surface area contributed by atoms with Gasteiger partial charge in [0.1, 0.15) is 0 Å². The van der Waals surface area contributed by atoms with Crippen molar-refractivity contribution < 1.29 is 5.11 Å². The van der Waals surface area contributed by atoms with Gasteiger partial charge in [0.05, 0.1) is 5.60 Å². The van der Waals surface area contributed by atoms with Crippen LogP contribution in [-0.2, 0) is 0 Å². The molecular formula is C13H26O. The third-order valence-electron chi connectivity index (χ3n) is 3.90. The average Bonchev–Trinajstić information content (AvgIpc) is 2.01. The van der Waals surface area contributed by atoms with Gasteiger partial charge in [-0.1, -0.05) is 27.2 Å². The van der Waals surface area contributed by atoms with Gasteiger partial charge in [-0.05, 0) is 50.4 Å². The lowest BCUT2D eigenvalue weighted by Crippen LogP contribution is -2.37. The molecule has 0 aliphatic heterocycles. The van der Waals surface area contributed by atoms with Gasteiger partial charge >= 0.3 is 0 Å². The molecule has 0 aromatic carbocycles. The number of rotatable bonds is 1. The Bertz CT molecular complexity index is 162. The fourth-order valence-corrected chi connectivity index (χ4v) is 2.62. The number of hydrogen-bond acceptors (Lipinski definition) is 1. The molecule has 1 rings (SSSR count). The Balaban J connectivity index is 2.61. The highest BCUT2D eigenvalue weighted by Gasteiger charge is 2.36. The lowest BCUT2D eigenvalue weighted by molar-refractivity contribution is -0.0225. The summed E-state index contributed by atoms with van der Waals surface area (Å²) < 4.78 is 0. The zero-order chi connectivity index (χ0) is 11.0. The van der Waals surface area contributed by atoms with Gasteiger partial charge in [-0.3, -0.25) is 0 Å². The second kappa shape index (κ2) is 3.84. The molecule has 0 bridgehead atoms. The molecule has 1 saturated carbocycles. The molecule has 1 heteroatoms. The Kier molecular flexibility index (Phi) is 3.30. The van der Waals surface area contributed by atoms with Crippen molar-refractivity contribution in [2.45, 2.75) is 65.9 Å². The van der Waals surface area contributed by atoms with Crippen molar-refractivity contribution in [2.75, 3.05) is 0 Å². The van der Waals surface area contributed by atoms with Crippen LogP contribution >= 0.6 is 0 Å². The van der Waals surface area contributed by atoms with Gasteiger partial charge in [0, 0.05) is 0 Å². The molecule has 14 heavy (non-hydrogen) atoms. The summed E-state index contributed by atoms with van der Waals surface area (Å²) in [7, 11) is 0. The maximum absolute atomic E-state index is 10.0. The highest BCUT2D eigenvalue weighted by molar-refractivity contribution is 4.87. The molecule has 0 heterocycles. The SMILES string of the molecule is CC(C)(O)C1CCC[C@H](C(C)(C)C)C1. The van der Waals surface area contributed by atoms with Gasteiger partial charge in [-0.2, -0.15) is 0 Å². The van der Waals surface area contributed by atoms with E-state index in [1.807, 2.05) is 13.8 Å². The molecule has 1 aliphatic rings. The Morgan fingerprint density at radius 1 is 0.929 bits per heavy atom. The van der Waals surface area contributed by atoms with Gasteiger partial charge < -0.3 is 5.11 Å². The van der Waals surface area contributed by atoms with Crippen LogP contribution in [0.4, 0.5) is 0 Å². The Morgan fingerprint density at radius 2 is 1.43 bits per heavy atom. The summed E-state index contributed by atoms with van der Waals surface area (Å²) in [6, 6.07) is 0. The van der Waals surface area contributed by atoms with Crippen molar-refractivity contribution in [3.05, 3.63) is 0 Å². The molecule has 1 unspecified atom stereocenters. The normalized spacial score (nSPS) is 30.4. The fourth-order valence-electron chi connectivity index (χ4n) is 2.62. The molecule has 1 aliphatic carbocycles. The van der Waals surface area contributed by atoms with Gasteiger partial charge in [0.2, 0.25) is 0 Å². The van der Waals surface area contributed by atoms with E-state index < -0.39 is 5.60 Å². The van der Waals surface area contributed by atoms with E-state index in [2.05, 4.69) is 20.8 Å². The fraction of sp³-hybridized carbons (Fsp3) is 1.00. The third kappa shape index (κ3) is 2.98. The maximum atomic E-state index is 10.0. The second-order valence-electron chi connectivity index (χ2n) is 6.58. The largest absolute Gasteiger partial charge is 0.390 e. The molecule has 0 amide bonds. The summed E-state index contributed by atoms with van der Waals surface area (Å²) in [5.41, 5.74) is -0.0756. The van der Waals surface area contributed by atoms with E-state index in [9.17, 15) is 5.11 Å². The minimum atomic E-state index is -0.482. The maximum Gasteiger partial charge on any atom is 0.0619 e. The van der Waals surface area contributed by atoms with E-state index in [-0.39, 0.29) is 0 Å². The van der Waals surface area contributed by atoms with Crippen molar-refractivity contribution >= 4 is 0 Å². The van der Waals surface area contributed by atoms with Gasteiger partial charge in [-0.25, -0.2) is 0 Å². The van der Waals surface area contributed by atoms with Crippen LogP contribution in [-0.4, -0.2) is 10.7 Å². The summed E-state index contributed by atoms with van der Waals surface area (Å²) in [6.07, 6.45) is 5.04. The molecule has 2 atom stereocenters. The summed E-state index contributed by atoms with van der Waals surface area (Å²) in [4.78, 5) is 0. The highest BCUT2D eigenvalue weighted by atomic mass is 16.3. The predicted molar refractivity (Wildman–Crippen MR) is 61.2 cm³/mol.